The van der Waals surface area contributed by atoms with E-state index in [4.69, 9.17) is 10.2 Å². The highest BCUT2D eigenvalue weighted by molar-refractivity contribution is 6.10. The monoisotopic (exact) mass is 877 g/mol. The van der Waals surface area contributed by atoms with Crippen molar-refractivity contribution in [2.75, 3.05) is 22.9 Å². The third-order valence-corrected chi connectivity index (χ3v) is 14.1. The highest BCUT2D eigenvalue weighted by Crippen LogP contribution is 2.50. The quantitative estimate of drug-likeness (QED) is 0.0329. The van der Waals surface area contributed by atoms with Crippen molar-refractivity contribution in [1.82, 2.24) is 0 Å². The zero-order valence-electron chi connectivity index (χ0n) is 41.4. The van der Waals surface area contributed by atoms with E-state index < -0.39 is 0 Å². The van der Waals surface area contributed by atoms with E-state index in [2.05, 4.69) is 121 Å². The Labute approximate surface area is 394 Å². The van der Waals surface area contributed by atoms with E-state index in [-0.39, 0.29) is 5.66 Å². The second-order valence-electron chi connectivity index (χ2n) is 19.4. The predicted molar refractivity (Wildman–Crippen MR) is 283 cm³/mol. The molecule has 1 atom stereocenters. The number of anilines is 2. The number of benzene rings is 5. The average Bonchev–Trinajstić information content (AvgIpc) is 3.33. The molecule has 1 heterocycles. The summed E-state index contributed by atoms with van der Waals surface area (Å²) < 4.78 is 0. The highest BCUT2D eigenvalue weighted by Gasteiger charge is 2.42. The molecule has 350 valence electrons. The number of rotatable bonds is 31. The SMILES string of the molecule is CCCCCCCCCCN1c2cccc3c(N=Nc4ccc(N=Nc5ccc(C)cc5)c5ccccc45)ccc(c23)N(CCCCCCCCCC)C1(C)CCCCCCCCCC. The number of hydrogen-bond donors (Lipinski definition) is 0. The van der Waals surface area contributed by atoms with Gasteiger partial charge < -0.3 is 9.80 Å². The first kappa shape index (κ1) is 49.8. The molecular formula is C59H84N6. The molecule has 1 aliphatic rings. The van der Waals surface area contributed by atoms with Crippen molar-refractivity contribution in [3.05, 3.63) is 96.6 Å². The van der Waals surface area contributed by atoms with Gasteiger partial charge in [-0.15, -0.1) is 15.3 Å². The summed E-state index contributed by atoms with van der Waals surface area (Å²) in [5, 5.41) is 23.9. The van der Waals surface area contributed by atoms with Crippen molar-refractivity contribution in [1.29, 1.82) is 0 Å². The first-order valence-electron chi connectivity index (χ1n) is 26.5. The lowest BCUT2D eigenvalue weighted by molar-refractivity contribution is 0.341. The van der Waals surface area contributed by atoms with E-state index in [1.807, 2.05) is 24.3 Å². The lowest BCUT2D eigenvalue weighted by atomic mass is 9.90. The average molecular weight is 877 g/mol. The molecule has 0 aliphatic carbocycles. The van der Waals surface area contributed by atoms with Crippen LogP contribution in [0.15, 0.2) is 111 Å². The Kier molecular flexibility index (Phi) is 20.8. The second-order valence-corrected chi connectivity index (χ2v) is 19.4. The van der Waals surface area contributed by atoms with Gasteiger partial charge in [0.05, 0.1) is 22.7 Å². The Morgan fingerprint density at radius 3 is 1.29 bits per heavy atom. The van der Waals surface area contributed by atoms with Crippen LogP contribution in [-0.2, 0) is 0 Å². The zero-order valence-corrected chi connectivity index (χ0v) is 41.4. The molecule has 0 spiro atoms. The fraction of sp³-hybridized carbons (Fsp3) is 0.559. The first-order valence-corrected chi connectivity index (χ1v) is 26.5. The van der Waals surface area contributed by atoms with Crippen molar-refractivity contribution >= 4 is 55.7 Å². The molecule has 6 heteroatoms. The summed E-state index contributed by atoms with van der Waals surface area (Å²) in [6.45, 7) is 13.8. The number of unbranched alkanes of at least 4 members (excludes halogenated alkanes) is 21. The molecule has 65 heavy (non-hydrogen) atoms. The van der Waals surface area contributed by atoms with Gasteiger partial charge in [-0.05, 0) is 82.0 Å². The Morgan fingerprint density at radius 2 is 0.785 bits per heavy atom. The maximum Gasteiger partial charge on any atom is 0.110 e. The molecule has 0 aromatic heterocycles. The van der Waals surface area contributed by atoms with Crippen LogP contribution in [0.25, 0.3) is 21.5 Å². The molecule has 5 aromatic rings. The zero-order chi connectivity index (χ0) is 45.5. The maximum absolute atomic E-state index is 5.08. The normalized spacial score (nSPS) is 15.2. The van der Waals surface area contributed by atoms with Gasteiger partial charge in [0.15, 0.2) is 0 Å². The Balaban J connectivity index is 1.30. The number of nitrogens with zero attached hydrogens (tertiary/aromatic N) is 6. The molecule has 5 aromatic carbocycles. The van der Waals surface area contributed by atoms with Gasteiger partial charge in [-0.3, -0.25) is 0 Å². The molecule has 0 bridgehead atoms. The predicted octanol–water partition coefficient (Wildman–Crippen LogP) is 20.3. The maximum atomic E-state index is 5.08. The van der Waals surface area contributed by atoms with Crippen LogP contribution in [0.3, 0.4) is 0 Å². The third-order valence-electron chi connectivity index (χ3n) is 14.1. The van der Waals surface area contributed by atoms with Crippen molar-refractivity contribution in [3.63, 3.8) is 0 Å². The summed E-state index contributed by atoms with van der Waals surface area (Å²) >= 11 is 0. The van der Waals surface area contributed by atoms with Crippen LogP contribution in [0, 0.1) is 6.92 Å². The number of azo groups is 2. The second kappa shape index (κ2) is 27.2. The summed E-state index contributed by atoms with van der Waals surface area (Å²) in [5.41, 5.74) is 7.29. The van der Waals surface area contributed by atoms with Crippen LogP contribution in [0.2, 0.25) is 0 Å². The molecular weight excluding hydrogens is 793 g/mol. The summed E-state index contributed by atoms with van der Waals surface area (Å²) in [7, 11) is 0. The van der Waals surface area contributed by atoms with E-state index in [9.17, 15) is 0 Å². The molecule has 0 fully saturated rings. The molecule has 0 saturated carbocycles. The Hall–Kier alpha value is -4.58. The third kappa shape index (κ3) is 14.2. The standard InChI is InChI=1S/C59H84N6/c1-6-9-12-15-18-21-24-29-45-59(5)64(46-30-25-22-19-16-13-10-7-2)56-36-32-35-52-55(43-44-57(58(52)56)65(59)47-31-26-23-20-17-14-11-8-3)63-62-54-42-41-53(50-33-27-28-34-51(50)54)61-60-49-39-37-48(4)38-40-49/h27-28,32-44H,6-26,29-31,45-47H2,1-5H3. The summed E-state index contributed by atoms with van der Waals surface area (Å²) in [5.74, 6) is 0. The number of aryl methyl sites for hydroxylation is 1. The van der Waals surface area contributed by atoms with Crippen molar-refractivity contribution in [2.24, 2.45) is 20.5 Å². The molecule has 0 amide bonds. The van der Waals surface area contributed by atoms with Gasteiger partial charge >= 0.3 is 0 Å². The van der Waals surface area contributed by atoms with Gasteiger partial charge in [-0.1, -0.05) is 210 Å². The van der Waals surface area contributed by atoms with Gasteiger partial charge in [0, 0.05) is 46.0 Å². The van der Waals surface area contributed by atoms with E-state index >= 15 is 0 Å². The lowest BCUT2D eigenvalue weighted by Gasteiger charge is -2.55. The Bertz CT molecular complexity index is 2170. The highest BCUT2D eigenvalue weighted by atomic mass is 15.4. The largest absolute Gasteiger partial charge is 0.348 e. The minimum atomic E-state index is -0.0910. The van der Waals surface area contributed by atoms with Crippen LogP contribution in [0.5, 0.6) is 0 Å². The van der Waals surface area contributed by atoms with Crippen molar-refractivity contribution in [3.8, 4) is 0 Å². The smallest absolute Gasteiger partial charge is 0.110 e. The fourth-order valence-electron chi connectivity index (χ4n) is 10.2. The molecule has 0 saturated heterocycles. The molecule has 0 N–H and O–H groups in total. The molecule has 6 nitrogen and oxygen atoms in total. The van der Waals surface area contributed by atoms with E-state index in [0.29, 0.717) is 0 Å². The van der Waals surface area contributed by atoms with E-state index in [1.54, 1.807) is 0 Å². The topological polar surface area (TPSA) is 55.9 Å². The molecule has 1 aliphatic heterocycles. The number of fused-ring (bicyclic) bond motifs is 1. The van der Waals surface area contributed by atoms with Crippen molar-refractivity contribution < 1.29 is 0 Å². The molecule has 0 radical (unpaired) electrons. The van der Waals surface area contributed by atoms with Gasteiger partial charge in [0.25, 0.3) is 0 Å². The Morgan fingerprint density at radius 1 is 0.385 bits per heavy atom. The van der Waals surface area contributed by atoms with Crippen LogP contribution < -0.4 is 9.80 Å². The van der Waals surface area contributed by atoms with Crippen LogP contribution in [0.4, 0.5) is 34.1 Å². The van der Waals surface area contributed by atoms with Crippen LogP contribution in [0.1, 0.15) is 194 Å². The summed E-state index contributed by atoms with van der Waals surface area (Å²) in [6, 6.07) is 32.1. The fourth-order valence-corrected chi connectivity index (χ4v) is 10.2. The van der Waals surface area contributed by atoms with Gasteiger partial charge in [-0.2, -0.15) is 5.11 Å². The molecule has 6 rings (SSSR count). The van der Waals surface area contributed by atoms with E-state index in [0.717, 1.165) is 46.6 Å². The lowest BCUT2D eigenvalue weighted by Crippen LogP contribution is -2.62. The summed E-state index contributed by atoms with van der Waals surface area (Å²) in [4.78, 5) is 5.70. The summed E-state index contributed by atoms with van der Waals surface area (Å²) in [6.07, 6.45) is 33.3. The van der Waals surface area contributed by atoms with Crippen LogP contribution >= 0.6 is 0 Å². The van der Waals surface area contributed by atoms with E-state index in [1.165, 1.54) is 188 Å². The minimum absolute atomic E-state index is 0.0910. The van der Waals surface area contributed by atoms with Gasteiger partial charge in [-0.25, -0.2) is 0 Å². The van der Waals surface area contributed by atoms with Crippen molar-refractivity contribution in [2.45, 2.75) is 201 Å². The van der Waals surface area contributed by atoms with Gasteiger partial charge in [0.2, 0.25) is 0 Å². The van der Waals surface area contributed by atoms with Gasteiger partial charge in [0.1, 0.15) is 5.66 Å². The first-order chi connectivity index (χ1) is 32.0. The minimum Gasteiger partial charge on any atom is -0.348 e. The van der Waals surface area contributed by atoms with Crippen LogP contribution in [-0.4, -0.2) is 18.8 Å². The number of hydrogen-bond acceptors (Lipinski definition) is 6. The molecule has 1 unspecified atom stereocenters.